The number of nitrogens with two attached hydrogens (primary N) is 1. The van der Waals surface area contributed by atoms with Gasteiger partial charge in [0.05, 0.1) is 0 Å². The number of halogens is 1. The fourth-order valence-electron chi connectivity index (χ4n) is 0.453. The molecule has 0 spiro atoms. The predicted molar refractivity (Wildman–Crippen MR) is 59.8 cm³/mol. The van der Waals surface area contributed by atoms with E-state index >= 15 is 0 Å². The molecule has 0 aliphatic heterocycles. The van der Waals surface area contributed by atoms with Crippen LogP contribution in [0.2, 0.25) is 0 Å². The maximum atomic E-state index is 11.3. The van der Waals surface area contributed by atoms with Crippen molar-refractivity contribution in [2.45, 2.75) is 26.8 Å². The van der Waals surface area contributed by atoms with E-state index in [-0.39, 0.29) is 23.3 Å². The molecule has 1 unspecified atom stereocenters. The highest BCUT2D eigenvalue weighted by molar-refractivity contribution is 8.13. The standard InChI is InChI=1S/C8H15NO3S.ClH/c1-8(2,3)7(12)13-4-5(9)6(10)11;/h5H,4,9H2,1-3H3,(H,10,11);1H. The fourth-order valence-corrected chi connectivity index (χ4v) is 1.36. The highest BCUT2D eigenvalue weighted by atomic mass is 35.5. The summed E-state index contributed by atoms with van der Waals surface area (Å²) in [5.41, 5.74) is 4.79. The lowest BCUT2D eigenvalue weighted by atomic mass is 10.00. The van der Waals surface area contributed by atoms with Crippen LogP contribution in [0.4, 0.5) is 0 Å². The molecule has 0 saturated carbocycles. The van der Waals surface area contributed by atoms with Crippen molar-refractivity contribution in [1.29, 1.82) is 0 Å². The van der Waals surface area contributed by atoms with Crippen molar-refractivity contribution < 1.29 is 14.7 Å². The summed E-state index contributed by atoms with van der Waals surface area (Å²) in [6.45, 7) is 5.36. The van der Waals surface area contributed by atoms with Crippen molar-refractivity contribution in [3.8, 4) is 0 Å². The molecule has 14 heavy (non-hydrogen) atoms. The van der Waals surface area contributed by atoms with Crippen LogP contribution in [0.25, 0.3) is 0 Å². The van der Waals surface area contributed by atoms with Crippen molar-refractivity contribution in [1.82, 2.24) is 0 Å². The first-order valence-electron chi connectivity index (χ1n) is 3.90. The van der Waals surface area contributed by atoms with Crippen molar-refractivity contribution in [3.05, 3.63) is 0 Å². The molecular formula is C8H16ClNO3S. The molecule has 0 fully saturated rings. The molecule has 0 aromatic rings. The van der Waals surface area contributed by atoms with E-state index in [2.05, 4.69) is 0 Å². The lowest BCUT2D eigenvalue weighted by Crippen LogP contribution is -2.33. The fraction of sp³-hybridized carbons (Fsp3) is 0.750. The number of carbonyl (C=O) groups excluding carboxylic acids is 1. The van der Waals surface area contributed by atoms with E-state index in [4.69, 9.17) is 10.8 Å². The van der Waals surface area contributed by atoms with Crippen LogP contribution in [0.5, 0.6) is 0 Å². The summed E-state index contributed by atoms with van der Waals surface area (Å²) in [7, 11) is 0. The van der Waals surface area contributed by atoms with Gasteiger partial charge < -0.3 is 10.8 Å². The average molecular weight is 242 g/mol. The minimum atomic E-state index is -1.07. The Bertz CT molecular complexity index is 215. The van der Waals surface area contributed by atoms with Crippen molar-refractivity contribution in [2.24, 2.45) is 11.1 Å². The number of thioether (sulfide) groups is 1. The number of hydrogen-bond acceptors (Lipinski definition) is 4. The van der Waals surface area contributed by atoms with Gasteiger partial charge in [-0.25, -0.2) is 0 Å². The zero-order valence-corrected chi connectivity index (χ0v) is 10.1. The quantitative estimate of drug-likeness (QED) is 0.774. The molecule has 0 aliphatic carbocycles. The Morgan fingerprint density at radius 3 is 2.14 bits per heavy atom. The van der Waals surface area contributed by atoms with E-state index in [1.54, 1.807) is 20.8 Å². The summed E-state index contributed by atoms with van der Waals surface area (Å²) in [6, 6.07) is -0.962. The third-order valence-corrected chi connectivity index (χ3v) is 2.72. The molecular weight excluding hydrogens is 226 g/mol. The Hall–Kier alpha value is -0.260. The zero-order chi connectivity index (χ0) is 10.6. The van der Waals surface area contributed by atoms with Crippen molar-refractivity contribution >= 4 is 35.3 Å². The van der Waals surface area contributed by atoms with Gasteiger partial charge >= 0.3 is 5.97 Å². The Kier molecular flexibility index (Phi) is 7.24. The van der Waals surface area contributed by atoms with E-state index in [0.29, 0.717) is 0 Å². The largest absolute Gasteiger partial charge is 0.480 e. The van der Waals surface area contributed by atoms with Gasteiger partial charge in [-0.1, -0.05) is 32.5 Å². The van der Waals surface area contributed by atoms with Gasteiger partial charge in [-0.15, -0.1) is 12.4 Å². The van der Waals surface area contributed by atoms with Crippen molar-refractivity contribution in [2.75, 3.05) is 5.75 Å². The van der Waals surface area contributed by atoms with Crippen LogP contribution in [0, 0.1) is 5.41 Å². The second-order valence-corrected chi connectivity index (χ2v) is 4.79. The van der Waals surface area contributed by atoms with E-state index < -0.39 is 17.4 Å². The molecule has 0 heterocycles. The number of hydrogen-bond donors (Lipinski definition) is 2. The summed E-state index contributed by atoms with van der Waals surface area (Å²) in [5.74, 6) is -0.944. The molecule has 6 heteroatoms. The lowest BCUT2D eigenvalue weighted by molar-refractivity contribution is -0.137. The molecule has 0 radical (unpaired) electrons. The molecule has 0 saturated heterocycles. The Balaban J connectivity index is 0. The van der Waals surface area contributed by atoms with E-state index in [0.717, 1.165) is 11.8 Å². The zero-order valence-electron chi connectivity index (χ0n) is 8.44. The van der Waals surface area contributed by atoms with Crippen LogP contribution in [-0.4, -0.2) is 28.0 Å². The third kappa shape index (κ3) is 6.23. The molecule has 84 valence electrons. The van der Waals surface area contributed by atoms with Gasteiger partial charge in [-0.05, 0) is 0 Å². The van der Waals surface area contributed by atoms with E-state index in [9.17, 15) is 9.59 Å². The first-order chi connectivity index (χ1) is 5.75. The van der Waals surface area contributed by atoms with Crippen LogP contribution in [0.3, 0.4) is 0 Å². The minimum Gasteiger partial charge on any atom is -0.480 e. The first kappa shape index (κ1) is 16.2. The smallest absolute Gasteiger partial charge is 0.321 e. The maximum absolute atomic E-state index is 11.3. The van der Waals surface area contributed by atoms with Gasteiger partial charge in [0, 0.05) is 11.2 Å². The van der Waals surface area contributed by atoms with Crippen LogP contribution in [0.1, 0.15) is 20.8 Å². The normalized spacial score (nSPS) is 12.9. The molecule has 0 bridgehead atoms. The highest BCUT2D eigenvalue weighted by Crippen LogP contribution is 2.22. The number of carboxylic acid groups (broad SMARTS) is 1. The van der Waals surface area contributed by atoms with Crippen LogP contribution < -0.4 is 5.73 Å². The molecule has 3 N–H and O–H groups in total. The maximum Gasteiger partial charge on any atom is 0.321 e. The van der Waals surface area contributed by atoms with Crippen LogP contribution >= 0.6 is 24.2 Å². The van der Waals surface area contributed by atoms with Crippen LogP contribution in [0.15, 0.2) is 0 Å². The topological polar surface area (TPSA) is 80.4 Å². The van der Waals surface area contributed by atoms with Crippen molar-refractivity contribution in [3.63, 3.8) is 0 Å². The third-order valence-electron chi connectivity index (χ3n) is 1.32. The first-order valence-corrected chi connectivity index (χ1v) is 4.89. The molecule has 0 aromatic heterocycles. The number of carboxylic acids is 1. The number of aliphatic carboxylic acids is 1. The van der Waals surface area contributed by atoms with Gasteiger partial charge in [0.2, 0.25) is 0 Å². The molecule has 0 aromatic carbocycles. The Labute approximate surface area is 94.0 Å². The van der Waals surface area contributed by atoms with Gasteiger partial charge in [-0.3, -0.25) is 9.59 Å². The van der Waals surface area contributed by atoms with E-state index in [1.165, 1.54) is 0 Å². The summed E-state index contributed by atoms with van der Waals surface area (Å²) in [6.07, 6.45) is 0. The summed E-state index contributed by atoms with van der Waals surface area (Å²) >= 11 is 0.975. The van der Waals surface area contributed by atoms with Gasteiger partial charge in [0.1, 0.15) is 6.04 Å². The summed E-state index contributed by atoms with van der Waals surface area (Å²) < 4.78 is 0. The van der Waals surface area contributed by atoms with Gasteiger partial charge in [-0.2, -0.15) is 0 Å². The Morgan fingerprint density at radius 1 is 1.43 bits per heavy atom. The molecule has 1 atom stereocenters. The molecule has 0 aliphatic rings. The average Bonchev–Trinajstić information content (AvgIpc) is 1.97. The second-order valence-electron chi connectivity index (χ2n) is 3.79. The molecule has 0 amide bonds. The SMILES string of the molecule is CC(C)(C)C(=O)SCC(N)C(=O)O.Cl. The predicted octanol–water partition coefficient (Wildman–Crippen LogP) is 1.13. The highest BCUT2D eigenvalue weighted by Gasteiger charge is 2.23. The lowest BCUT2D eigenvalue weighted by Gasteiger charge is -2.16. The monoisotopic (exact) mass is 241 g/mol. The Morgan fingerprint density at radius 2 is 1.86 bits per heavy atom. The summed E-state index contributed by atoms with van der Waals surface area (Å²) in [5, 5.41) is 8.41. The second kappa shape index (κ2) is 6.27. The number of carbonyl (C=O) groups is 2. The number of rotatable bonds is 3. The van der Waals surface area contributed by atoms with Gasteiger partial charge in [0.15, 0.2) is 5.12 Å². The van der Waals surface area contributed by atoms with E-state index in [1.807, 2.05) is 0 Å². The minimum absolute atomic E-state index is 0. The van der Waals surface area contributed by atoms with Gasteiger partial charge in [0.25, 0.3) is 0 Å². The van der Waals surface area contributed by atoms with Crippen LogP contribution in [-0.2, 0) is 9.59 Å². The molecule has 4 nitrogen and oxygen atoms in total. The summed E-state index contributed by atoms with van der Waals surface area (Å²) in [4.78, 5) is 21.6. The molecule has 0 rings (SSSR count).